The zero-order valence-corrected chi connectivity index (χ0v) is 18.1. The summed E-state index contributed by atoms with van der Waals surface area (Å²) in [5.41, 5.74) is 3.98. The van der Waals surface area contributed by atoms with Crippen LogP contribution in [-0.2, 0) is 6.54 Å². The molecule has 0 saturated carbocycles. The standard InChI is InChI=1S/C30H23NO2/c32-30(29-12-6-8-25-7-4-5-11-28(25)29)31-21-22-13-15-23(16-14-22)24-17-19-27(20-18-24)33-26-9-2-1-3-10-26/h1-20H,21H2,(H,31,32). The van der Waals surface area contributed by atoms with Crippen molar-refractivity contribution in [2.75, 3.05) is 0 Å². The summed E-state index contributed by atoms with van der Waals surface area (Å²) in [5.74, 6) is 1.56. The van der Waals surface area contributed by atoms with Gasteiger partial charge in [-0.2, -0.15) is 0 Å². The van der Waals surface area contributed by atoms with Gasteiger partial charge in [-0.05, 0) is 57.8 Å². The Hall–Kier alpha value is -4.37. The fraction of sp³-hybridized carbons (Fsp3) is 0.0333. The minimum Gasteiger partial charge on any atom is -0.457 e. The highest BCUT2D eigenvalue weighted by Crippen LogP contribution is 2.26. The molecule has 1 N–H and O–H groups in total. The monoisotopic (exact) mass is 429 g/mol. The van der Waals surface area contributed by atoms with E-state index in [1.165, 1.54) is 0 Å². The Morgan fingerprint density at radius 2 is 1.21 bits per heavy atom. The molecular formula is C30H23NO2. The van der Waals surface area contributed by atoms with Crippen LogP contribution in [0.1, 0.15) is 15.9 Å². The third kappa shape index (κ3) is 4.78. The first-order chi connectivity index (χ1) is 16.3. The maximum Gasteiger partial charge on any atom is 0.252 e. The number of carbonyl (C=O) groups is 1. The molecule has 5 rings (SSSR count). The number of hydrogen-bond acceptors (Lipinski definition) is 2. The number of rotatable bonds is 6. The molecule has 0 bridgehead atoms. The highest BCUT2D eigenvalue weighted by atomic mass is 16.5. The third-order valence-corrected chi connectivity index (χ3v) is 5.61. The van der Waals surface area contributed by atoms with Gasteiger partial charge in [0.05, 0.1) is 0 Å². The lowest BCUT2D eigenvalue weighted by Gasteiger charge is -2.10. The van der Waals surface area contributed by atoms with Gasteiger partial charge in [0.2, 0.25) is 0 Å². The molecule has 0 unspecified atom stereocenters. The Balaban J connectivity index is 1.23. The van der Waals surface area contributed by atoms with Crippen molar-refractivity contribution < 1.29 is 9.53 Å². The van der Waals surface area contributed by atoms with Crippen LogP contribution in [0.5, 0.6) is 11.5 Å². The van der Waals surface area contributed by atoms with Gasteiger partial charge in [-0.1, -0.05) is 91.0 Å². The molecule has 3 nitrogen and oxygen atoms in total. The van der Waals surface area contributed by atoms with E-state index in [2.05, 4.69) is 29.6 Å². The van der Waals surface area contributed by atoms with Gasteiger partial charge in [-0.25, -0.2) is 0 Å². The lowest BCUT2D eigenvalue weighted by molar-refractivity contribution is 0.0952. The number of ether oxygens (including phenoxy) is 1. The summed E-state index contributed by atoms with van der Waals surface area (Å²) in [6.07, 6.45) is 0. The van der Waals surface area contributed by atoms with E-state index in [1.807, 2.05) is 97.1 Å². The first kappa shape index (κ1) is 20.5. The van der Waals surface area contributed by atoms with Gasteiger partial charge in [0, 0.05) is 12.1 Å². The van der Waals surface area contributed by atoms with Crippen LogP contribution >= 0.6 is 0 Å². The largest absolute Gasteiger partial charge is 0.457 e. The minimum absolute atomic E-state index is 0.0649. The molecule has 0 aromatic heterocycles. The second kappa shape index (κ2) is 9.41. The maximum absolute atomic E-state index is 12.8. The molecule has 5 aromatic rings. The van der Waals surface area contributed by atoms with E-state index >= 15 is 0 Å². The van der Waals surface area contributed by atoms with Gasteiger partial charge >= 0.3 is 0 Å². The van der Waals surface area contributed by atoms with E-state index in [9.17, 15) is 4.79 Å². The van der Waals surface area contributed by atoms with Crippen LogP contribution < -0.4 is 10.1 Å². The number of carbonyl (C=O) groups excluding carboxylic acids is 1. The smallest absolute Gasteiger partial charge is 0.252 e. The highest BCUT2D eigenvalue weighted by molar-refractivity contribution is 6.06. The topological polar surface area (TPSA) is 38.3 Å². The molecule has 160 valence electrons. The minimum atomic E-state index is -0.0649. The Morgan fingerprint density at radius 3 is 1.97 bits per heavy atom. The zero-order chi connectivity index (χ0) is 22.5. The van der Waals surface area contributed by atoms with Crippen molar-refractivity contribution in [3.05, 3.63) is 132 Å². The Bertz CT molecular complexity index is 1370. The number of nitrogens with one attached hydrogen (secondary N) is 1. The van der Waals surface area contributed by atoms with Crippen molar-refractivity contribution in [2.45, 2.75) is 6.54 Å². The zero-order valence-electron chi connectivity index (χ0n) is 18.1. The Morgan fingerprint density at radius 1 is 0.606 bits per heavy atom. The predicted octanol–water partition coefficient (Wildman–Crippen LogP) is 7.23. The number of benzene rings is 5. The van der Waals surface area contributed by atoms with E-state index in [0.29, 0.717) is 12.1 Å². The summed E-state index contributed by atoms with van der Waals surface area (Å²) in [4.78, 5) is 12.8. The molecule has 0 radical (unpaired) electrons. The molecule has 5 aromatic carbocycles. The molecule has 3 heteroatoms. The third-order valence-electron chi connectivity index (χ3n) is 5.61. The lowest BCUT2D eigenvalue weighted by atomic mass is 10.0. The SMILES string of the molecule is O=C(NCc1ccc(-c2ccc(Oc3ccccc3)cc2)cc1)c1cccc2ccccc12. The quantitative estimate of drug-likeness (QED) is 0.309. The van der Waals surface area contributed by atoms with Crippen LogP contribution in [0.4, 0.5) is 0 Å². The molecule has 0 heterocycles. The van der Waals surface area contributed by atoms with Gasteiger partial charge in [-0.15, -0.1) is 0 Å². The molecule has 0 aliphatic heterocycles. The Kier molecular flexibility index (Phi) is 5.85. The van der Waals surface area contributed by atoms with Crippen LogP contribution in [0.25, 0.3) is 21.9 Å². The van der Waals surface area contributed by atoms with E-state index in [1.54, 1.807) is 0 Å². The van der Waals surface area contributed by atoms with Crippen molar-refractivity contribution >= 4 is 16.7 Å². The second-order valence-electron chi connectivity index (χ2n) is 7.85. The first-order valence-corrected chi connectivity index (χ1v) is 10.9. The van der Waals surface area contributed by atoms with Crippen molar-refractivity contribution in [1.82, 2.24) is 5.32 Å². The maximum atomic E-state index is 12.8. The molecule has 0 aliphatic carbocycles. The summed E-state index contributed by atoms with van der Waals surface area (Å²) in [5, 5.41) is 5.07. The molecular weight excluding hydrogens is 406 g/mol. The van der Waals surface area contributed by atoms with E-state index in [4.69, 9.17) is 4.74 Å². The normalized spacial score (nSPS) is 10.7. The van der Waals surface area contributed by atoms with Crippen LogP contribution in [-0.4, -0.2) is 5.91 Å². The van der Waals surface area contributed by atoms with Gasteiger partial charge in [0.15, 0.2) is 0 Å². The van der Waals surface area contributed by atoms with Crippen LogP contribution in [0.15, 0.2) is 121 Å². The van der Waals surface area contributed by atoms with Crippen LogP contribution in [0, 0.1) is 0 Å². The molecule has 1 amide bonds. The van der Waals surface area contributed by atoms with Crippen molar-refractivity contribution in [3.8, 4) is 22.6 Å². The second-order valence-corrected chi connectivity index (χ2v) is 7.85. The molecule has 0 atom stereocenters. The summed E-state index contributed by atoms with van der Waals surface area (Å²) in [6.45, 7) is 0.478. The summed E-state index contributed by atoms with van der Waals surface area (Å²) >= 11 is 0. The number of hydrogen-bond donors (Lipinski definition) is 1. The van der Waals surface area contributed by atoms with Gasteiger partial charge in [0.1, 0.15) is 11.5 Å². The molecule has 0 fully saturated rings. The van der Waals surface area contributed by atoms with E-state index in [0.717, 1.165) is 39.0 Å². The Labute approximate surface area is 193 Å². The van der Waals surface area contributed by atoms with Crippen LogP contribution in [0.3, 0.4) is 0 Å². The van der Waals surface area contributed by atoms with Crippen molar-refractivity contribution in [1.29, 1.82) is 0 Å². The lowest BCUT2D eigenvalue weighted by Crippen LogP contribution is -2.22. The summed E-state index contributed by atoms with van der Waals surface area (Å²) < 4.78 is 5.87. The fourth-order valence-corrected chi connectivity index (χ4v) is 3.86. The number of amides is 1. The van der Waals surface area contributed by atoms with Gasteiger partial charge < -0.3 is 10.1 Å². The van der Waals surface area contributed by atoms with E-state index in [-0.39, 0.29) is 5.91 Å². The van der Waals surface area contributed by atoms with E-state index < -0.39 is 0 Å². The molecule has 0 spiro atoms. The van der Waals surface area contributed by atoms with Crippen molar-refractivity contribution in [3.63, 3.8) is 0 Å². The fourth-order valence-electron chi connectivity index (χ4n) is 3.86. The van der Waals surface area contributed by atoms with Gasteiger partial charge in [0.25, 0.3) is 5.91 Å². The first-order valence-electron chi connectivity index (χ1n) is 10.9. The predicted molar refractivity (Wildman–Crippen MR) is 134 cm³/mol. The summed E-state index contributed by atoms with van der Waals surface area (Å²) in [6, 6.07) is 39.8. The van der Waals surface area contributed by atoms with Crippen molar-refractivity contribution in [2.24, 2.45) is 0 Å². The number of para-hydroxylation sites is 1. The molecule has 0 aliphatic rings. The summed E-state index contributed by atoms with van der Waals surface area (Å²) in [7, 11) is 0. The average molecular weight is 430 g/mol. The molecule has 0 saturated heterocycles. The average Bonchev–Trinajstić information content (AvgIpc) is 2.88. The van der Waals surface area contributed by atoms with Crippen LogP contribution in [0.2, 0.25) is 0 Å². The van der Waals surface area contributed by atoms with Gasteiger partial charge in [-0.3, -0.25) is 4.79 Å². The molecule has 33 heavy (non-hydrogen) atoms. The highest BCUT2D eigenvalue weighted by Gasteiger charge is 2.09. The number of fused-ring (bicyclic) bond motifs is 1.